The zero-order chi connectivity index (χ0) is 15.0. The normalized spacial score (nSPS) is 21.0. The number of alkyl halides is 3. The summed E-state index contributed by atoms with van der Waals surface area (Å²) in [6.45, 7) is 2.45. The lowest BCUT2D eigenvalue weighted by atomic mass is 9.97. The maximum Gasteiger partial charge on any atom is 0.394 e. The lowest BCUT2D eigenvalue weighted by Gasteiger charge is -2.14. The van der Waals surface area contributed by atoms with Gasteiger partial charge in [0.1, 0.15) is 11.4 Å². The Kier molecular flexibility index (Phi) is 3.51. The quantitative estimate of drug-likeness (QED) is 0.806. The van der Waals surface area contributed by atoms with E-state index in [0.29, 0.717) is 18.1 Å². The maximum absolute atomic E-state index is 12.7. The van der Waals surface area contributed by atoms with Gasteiger partial charge in [0.2, 0.25) is 0 Å². The van der Waals surface area contributed by atoms with Gasteiger partial charge in [-0.3, -0.25) is 0 Å². The number of ether oxygens (including phenoxy) is 1. The summed E-state index contributed by atoms with van der Waals surface area (Å²) < 4.78 is 43.7. The first-order chi connectivity index (χ1) is 9.94. The molecule has 0 spiro atoms. The fourth-order valence-electron chi connectivity index (χ4n) is 2.70. The third-order valence-electron chi connectivity index (χ3n) is 3.71. The zero-order valence-electron chi connectivity index (χ0n) is 11.7. The molecule has 0 aromatic carbocycles. The summed E-state index contributed by atoms with van der Waals surface area (Å²) in [7, 11) is 0. The smallest absolute Gasteiger partial charge is 0.394 e. The number of rotatable bonds is 2. The van der Waals surface area contributed by atoms with Gasteiger partial charge < -0.3 is 4.74 Å². The minimum Gasteiger partial charge on any atom is -0.490 e. The molecule has 0 fully saturated rings. The highest BCUT2D eigenvalue weighted by molar-refractivity contribution is 5.77. The van der Waals surface area contributed by atoms with Crippen molar-refractivity contribution in [1.82, 2.24) is 4.98 Å². The maximum atomic E-state index is 12.7. The zero-order valence-corrected chi connectivity index (χ0v) is 11.7. The van der Waals surface area contributed by atoms with Crippen LogP contribution in [0.15, 0.2) is 24.3 Å². The highest BCUT2D eigenvalue weighted by atomic mass is 19.4. The van der Waals surface area contributed by atoms with Crippen molar-refractivity contribution < 1.29 is 17.9 Å². The van der Waals surface area contributed by atoms with Gasteiger partial charge in [-0.05, 0) is 24.5 Å². The van der Waals surface area contributed by atoms with Crippen LogP contribution in [0.1, 0.15) is 42.6 Å². The highest BCUT2D eigenvalue weighted by Gasteiger charge is 2.32. The summed E-state index contributed by atoms with van der Waals surface area (Å²) in [6, 6.07) is 1.54. The highest BCUT2D eigenvalue weighted by Crippen LogP contribution is 2.40. The van der Waals surface area contributed by atoms with Crippen LogP contribution in [0.4, 0.5) is 13.2 Å². The van der Waals surface area contributed by atoms with Gasteiger partial charge in [0.25, 0.3) is 0 Å². The molecule has 0 bridgehead atoms. The first kappa shape index (κ1) is 14.2. The van der Waals surface area contributed by atoms with Gasteiger partial charge in [-0.15, -0.1) is 0 Å². The molecule has 2 heterocycles. The number of fused-ring (bicyclic) bond motifs is 1. The monoisotopic (exact) mass is 295 g/mol. The van der Waals surface area contributed by atoms with E-state index in [-0.39, 0.29) is 11.6 Å². The molecule has 112 valence electrons. The number of nitrogens with zero attached hydrogens (tertiary/aromatic N) is 1. The molecular weight excluding hydrogens is 279 g/mol. The fourth-order valence-corrected chi connectivity index (χ4v) is 2.70. The van der Waals surface area contributed by atoms with E-state index in [1.165, 1.54) is 6.07 Å². The van der Waals surface area contributed by atoms with Crippen molar-refractivity contribution in [3.8, 4) is 5.75 Å². The molecule has 2 aliphatic rings. The van der Waals surface area contributed by atoms with Gasteiger partial charge in [-0.1, -0.05) is 25.2 Å². The first-order valence-electron chi connectivity index (χ1n) is 7.04. The summed E-state index contributed by atoms with van der Waals surface area (Å²) in [5.41, 5.74) is 2.30. The van der Waals surface area contributed by atoms with E-state index in [1.54, 1.807) is 0 Å². The molecule has 21 heavy (non-hydrogen) atoms. The van der Waals surface area contributed by atoms with Crippen LogP contribution in [0.3, 0.4) is 0 Å². The first-order valence-corrected chi connectivity index (χ1v) is 7.04. The molecule has 2 nitrogen and oxygen atoms in total. The Morgan fingerprint density at radius 2 is 2.14 bits per heavy atom. The molecule has 1 aliphatic heterocycles. The number of halogens is 3. The molecular formula is C16H16F3NO. The number of hydrogen-bond acceptors (Lipinski definition) is 2. The Labute approximate surface area is 121 Å². The van der Waals surface area contributed by atoms with Crippen molar-refractivity contribution >= 4 is 5.57 Å². The Morgan fingerprint density at radius 3 is 2.81 bits per heavy atom. The van der Waals surface area contributed by atoms with Crippen molar-refractivity contribution in [2.75, 3.05) is 6.61 Å². The van der Waals surface area contributed by atoms with Gasteiger partial charge in [-0.25, -0.2) is 4.98 Å². The van der Waals surface area contributed by atoms with Crippen LogP contribution in [-0.2, 0) is 6.42 Å². The van der Waals surface area contributed by atoms with Crippen LogP contribution in [0.2, 0.25) is 0 Å². The third-order valence-corrected chi connectivity index (χ3v) is 3.71. The summed E-state index contributed by atoms with van der Waals surface area (Å²) >= 11 is 0. The second-order valence-electron chi connectivity index (χ2n) is 5.52. The number of pyridine rings is 1. The number of aromatic nitrogens is 1. The molecule has 1 aromatic rings. The van der Waals surface area contributed by atoms with E-state index in [9.17, 15) is 13.2 Å². The van der Waals surface area contributed by atoms with Crippen molar-refractivity contribution in [1.29, 1.82) is 0 Å². The minimum atomic E-state index is -4.25. The van der Waals surface area contributed by atoms with Crippen molar-refractivity contribution in [3.63, 3.8) is 0 Å². The van der Waals surface area contributed by atoms with E-state index >= 15 is 0 Å². The Hall–Kier alpha value is -1.78. The standard InChI is InChI=1S/C16H16F3NO/c1-10-9-21-15-13(10)7-12(8-16(17,18)19)20-14(15)11-5-3-2-4-6-11/h3,5-7,10H,2,4,8-9H2,1H3. The van der Waals surface area contributed by atoms with Gasteiger partial charge in [-0.2, -0.15) is 13.2 Å². The van der Waals surface area contributed by atoms with E-state index in [4.69, 9.17) is 4.74 Å². The van der Waals surface area contributed by atoms with Crippen LogP contribution in [0.25, 0.3) is 5.57 Å². The molecule has 1 atom stereocenters. The number of allylic oxidation sites excluding steroid dienone is 4. The van der Waals surface area contributed by atoms with Crippen LogP contribution >= 0.6 is 0 Å². The molecule has 0 amide bonds. The summed E-state index contributed by atoms with van der Waals surface area (Å²) in [6.07, 6.45) is 2.50. The van der Waals surface area contributed by atoms with Crippen molar-refractivity contribution in [3.05, 3.63) is 41.2 Å². The molecule has 0 N–H and O–H groups in total. The van der Waals surface area contributed by atoms with Crippen LogP contribution < -0.4 is 4.74 Å². The van der Waals surface area contributed by atoms with Gasteiger partial charge in [0, 0.05) is 11.5 Å². The second kappa shape index (κ2) is 5.20. The fraction of sp³-hybridized carbons (Fsp3) is 0.438. The Bertz CT molecular complexity index is 617. The van der Waals surface area contributed by atoms with Gasteiger partial charge in [0.15, 0.2) is 0 Å². The van der Waals surface area contributed by atoms with E-state index in [0.717, 1.165) is 24.0 Å². The van der Waals surface area contributed by atoms with Crippen LogP contribution in [0, 0.1) is 0 Å². The second-order valence-corrected chi connectivity index (χ2v) is 5.52. The predicted octanol–water partition coefficient (Wildman–Crippen LogP) is 4.42. The molecule has 3 rings (SSSR count). The third kappa shape index (κ3) is 2.96. The van der Waals surface area contributed by atoms with E-state index in [1.807, 2.05) is 25.2 Å². The largest absolute Gasteiger partial charge is 0.490 e. The molecule has 1 aromatic heterocycles. The van der Waals surface area contributed by atoms with Crippen molar-refractivity contribution in [2.45, 2.75) is 38.3 Å². The lowest BCUT2D eigenvalue weighted by molar-refractivity contribution is -0.127. The lowest BCUT2D eigenvalue weighted by Crippen LogP contribution is -2.14. The summed E-state index contributed by atoms with van der Waals surface area (Å²) in [5, 5.41) is 0. The SMILES string of the molecule is CC1COc2c1cc(CC(F)(F)F)nc2C1=CCCC=C1. The predicted molar refractivity (Wildman–Crippen MR) is 74.3 cm³/mol. The summed E-state index contributed by atoms with van der Waals surface area (Å²) in [4.78, 5) is 4.22. The average molecular weight is 295 g/mol. The molecule has 5 heteroatoms. The van der Waals surface area contributed by atoms with Gasteiger partial charge >= 0.3 is 6.18 Å². The minimum absolute atomic E-state index is 0.0634. The van der Waals surface area contributed by atoms with Crippen LogP contribution in [-0.4, -0.2) is 17.8 Å². The van der Waals surface area contributed by atoms with E-state index in [2.05, 4.69) is 4.98 Å². The Morgan fingerprint density at radius 1 is 1.33 bits per heavy atom. The molecule has 1 unspecified atom stereocenters. The Balaban J connectivity index is 2.07. The topological polar surface area (TPSA) is 22.1 Å². The van der Waals surface area contributed by atoms with Crippen LogP contribution in [0.5, 0.6) is 5.75 Å². The average Bonchev–Trinajstić information content (AvgIpc) is 2.79. The molecule has 0 saturated heterocycles. The van der Waals surface area contributed by atoms with Gasteiger partial charge in [0.05, 0.1) is 18.7 Å². The summed E-state index contributed by atoms with van der Waals surface area (Å²) in [5.74, 6) is 0.744. The molecule has 1 aliphatic carbocycles. The van der Waals surface area contributed by atoms with E-state index < -0.39 is 12.6 Å². The molecule has 0 radical (unpaired) electrons. The molecule has 0 saturated carbocycles. The van der Waals surface area contributed by atoms with Crippen molar-refractivity contribution in [2.24, 2.45) is 0 Å². The number of hydrogen-bond donors (Lipinski definition) is 0.